The van der Waals surface area contributed by atoms with E-state index in [1.165, 1.54) is 23.5 Å². The van der Waals surface area contributed by atoms with Crippen molar-refractivity contribution in [2.75, 3.05) is 25.1 Å². The highest BCUT2D eigenvalue weighted by Crippen LogP contribution is 2.42. The second kappa shape index (κ2) is 11.4. The number of ether oxygens (including phenoxy) is 1. The van der Waals surface area contributed by atoms with E-state index in [1.807, 2.05) is 65.6 Å². The molecule has 0 amide bonds. The highest BCUT2D eigenvalue weighted by atomic mass is 35.5. The van der Waals surface area contributed by atoms with Gasteiger partial charge in [-0.3, -0.25) is 0 Å². The molecule has 1 aliphatic heterocycles. The summed E-state index contributed by atoms with van der Waals surface area (Å²) in [6.45, 7) is 0.759. The van der Waals surface area contributed by atoms with Gasteiger partial charge in [0.1, 0.15) is 10.7 Å². The fraction of sp³-hybridized carbons (Fsp3) is 0.167. The van der Waals surface area contributed by atoms with E-state index in [1.54, 1.807) is 6.07 Å². The Morgan fingerprint density at radius 1 is 1.02 bits per heavy atom. The summed E-state index contributed by atoms with van der Waals surface area (Å²) in [7, 11) is -2.55. The topological polar surface area (TPSA) is 87.2 Å². The molecule has 1 N–H and O–H groups in total. The number of hydrogen-bond acceptors (Lipinski definition) is 5. The van der Waals surface area contributed by atoms with Crippen LogP contribution in [-0.2, 0) is 21.4 Å². The van der Waals surface area contributed by atoms with Crippen LogP contribution >= 0.6 is 11.6 Å². The molecule has 1 heterocycles. The molecule has 0 radical (unpaired) electrons. The maximum absolute atomic E-state index is 14.1. The normalized spacial score (nSPS) is 16.8. The van der Waals surface area contributed by atoms with Gasteiger partial charge in [0.15, 0.2) is 0 Å². The van der Waals surface area contributed by atoms with Crippen molar-refractivity contribution < 1.29 is 27.4 Å². The van der Waals surface area contributed by atoms with E-state index in [-0.39, 0.29) is 34.2 Å². The van der Waals surface area contributed by atoms with E-state index in [4.69, 9.17) is 16.3 Å². The first-order valence-electron chi connectivity index (χ1n) is 12.5. The molecule has 0 aromatic heterocycles. The third kappa shape index (κ3) is 5.46. The first kappa shape index (κ1) is 27.8. The molecule has 4 aromatic rings. The van der Waals surface area contributed by atoms with Gasteiger partial charge >= 0.3 is 5.97 Å². The molecule has 5 rings (SSSR count). The Labute approximate surface area is 237 Å². The third-order valence-electron chi connectivity index (χ3n) is 6.90. The molecule has 0 bridgehead atoms. The highest BCUT2D eigenvalue weighted by molar-refractivity contribution is 7.89. The van der Waals surface area contributed by atoms with Crippen LogP contribution < -0.4 is 4.90 Å². The summed E-state index contributed by atoms with van der Waals surface area (Å²) in [6, 6.07) is 24.9. The molecule has 0 aliphatic carbocycles. The molecule has 206 valence electrons. The van der Waals surface area contributed by atoms with Crippen LogP contribution in [0.25, 0.3) is 11.1 Å². The Morgan fingerprint density at radius 3 is 2.38 bits per heavy atom. The lowest BCUT2D eigenvalue weighted by Crippen LogP contribution is -2.43. The average Bonchev–Trinajstić information content (AvgIpc) is 3.02. The largest absolute Gasteiger partial charge is 0.478 e. The molecule has 0 spiro atoms. The second-order valence-electron chi connectivity index (χ2n) is 9.42. The lowest BCUT2D eigenvalue weighted by Gasteiger charge is -2.29. The molecule has 1 aliphatic rings. The summed E-state index contributed by atoms with van der Waals surface area (Å²) in [6.07, 6.45) is 0. The minimum absolute atomic E-state index is 0.00925. The van der Waals surface area contributed by atoms with Crippen LogP contribution in [0.4, 0.5) is 15.8 Å². The SMILES string of the molecule is CN1[C@H](COCc2ccccc2)CN(c2ccccc2)c2cc(Cl)c(-c3ccc(F)c(C(=O)O)c3)cc2S1(=O)=O. The Kier molecular flexibility index (Phi) is 7.91. The van der Waals surface area contributed by atoms with Gasteiger partial charge in [0, 0.05) is 24.8 Å². The standard InChI is InChI=1S/C30H26ClFN2O5S/c1-33-23(19-39-18-20-8-4-2-5-9-20)17-34(22-10-6-3-7-11-22)28-16-26(31)24(15-29(28)40(33,37)38)21-12-13-27(32)25(14-21)30(35)36/h2-16,23H,17-19H2,1H3,(H,35,36)/t23-/m0/s1. The average molecular weight is 581 g/mol. The van der Waals surface area contributed by atoms with Gasteiger partial charge in [-0.1, -0.05) is 66.2 Å². The van der Waals surface area contributed by atoms with E-state index in [0.29, 0.717) is 12.3 Å². The van der Waals surface area contributed by atoms with Crippen molar-refractivity contribution >= 4 is 39.0 Å². The lowest BCUT2D eigenvalue weighted by atomic mass is 10.0. The quantitative estimate of drug-likeness (QED) is 0.280. The number of carboxylic acids is 1. The molecule has 1 atom stereocenters. The van der Waals surface area contributed by atoms with Gasteiger partial charge in [-0.05, 0) is 47.5 Å². The molecular weight excluding hydrogens is 555 g/mol. The minimum Gasteiger partial charge on any atom is -0.478 e. The number of hydrogen-bond donors (Lipinski definition) is 1. The van der Waals surface area contributed by atoms with E-state index in [9.17, 15) is 22.7 Å². The lowest BCUT2D eigenvalue weighted by molar-refractivity contribution is 0.0692. The maximum atomic E-state index is 14.1. The summed E-state index contributed by atoms with van der Waals surface area (Å²) in [5, 5.41) is 9.59. The minimum atomic E-state index is -4.06. The van der Waals surface area contributed by atoms with Gasteiger partial charge in [0.2, 0.25) is 10.0 Å². The number of likely N-dealkylation sites (N-methyl/N-ethyl adjacent to an activating group) is 1. The number of anilines is 2. The monoisotopic (exact) mass is 580 g/mol. The van der Waals surface area contributed by atoms with Gasteiger partial charge in [-0.2, -0.15) is 4.31 Å². The summed E-state index contributed by atoms with van der Waals surface area (Å²) in [4.78, 5) is 13.4. The van der Waals surface area contributed by atoms with E-state index < -0.39 is 33.4 Å². The zero-order chi connectivity index (χ0) is 28.4. The summed E-state index contributed by atoms with van der Waals surface area (Å²) in [5.74, 6) is -2.34. The second-order valence-corrected chi connectivity index (χ2v) is 11.8. The molecule has 40 heavy (non-hydrogen) atoms. The predicted octanol–water partition coefficient (Wildman–Crippen LogP) is 6.20. The molecule has 4 aromatic carbocycles. The van der Waals surface area contributed by atoms with Crippen LogP contribution in [0.15, 0.2) is 95.9 Å². The van der Waals surface area contributed by atoms with Crippen molar-refractivity contribution in [3.8, 4) is 11.1 Å². The molecule has 0 unspecified atom stereocenters. The Hall–Kier alpha value is -3.76. The highest BCUT2D eigenvalue weighted by Gasteiger charge is 2.38. The van der Waals surface area contributed by atoms with Crippen molar-refractivity contribution in [1.82, 2.24) is 4.31 Å². The van der Waals surface area contributed by atoms with Gasteiger partial charge in [0.25, 0.3) is 0 Å². The molecular formula is C30H26ClFN2O5S. The maximum Gasteiger partial charge on any atom is 0.338 e. The number of halogens is 2. The number of aromatic carboxylic acids is 1. The zero-order valence-corrected chi connectivity index (χ0v) is 23.1. The number of carbonyl (C=O) groups is 1. The third-order valence-corrected chi connectivity index (χ3v) is 9.15. The predicted molar refractivity (Wildman–Crippen MR) is 152 cm³/mol. The van der Waals surface area contributed by atoms with Crippen LogP contribution in [0.5, 0.6) is 0 Å². The molecule has 10 heteroatoms. The van der Waals surface area contributed by atoms with Gasteiger partial charge < -0.3 is 14.7 Å². The number of para-hydroxylation sites is 1. The van der Waals surface area contributed by atoms with Crippen LogP contribution in [0.1, 0.15) is 15.9 Å². The smallest absolute Gasteiger partial charge is 0.338 e. The number of rotatable bonds is 7. The van der Waals surface area contributed by atoms with E-state index in [2.05, 4.69) is 0 Å². The van der Waals surface area contributed by atoms with Crippen molar-refractivity contribution in [2.45, 2.75) is 17.5 Å². The first-order valence-corrected chi connectivity index (χ1v) is 14.3. The summed E-state index contributed by atoms with van der Waals surface area (Å²) in [5.41, 5.74) is 2.12. The fourth-order valence-electron chi connectivity index (χ4n) is 4.71. The van der Waals surface area contributed by atoms with Crippen molar-refractivity contribution in [3.05, 3.63) is 113 Å². The first-order chi connectivity index (χ1) is 19.2. The van der Waals surface area contributed by atoms with Gasteiger partial charge in [0.05, 0.1) is 35.5 Å². The Morgan fingerprint density at radius 2 is 1.70 bits per heavy atom. The Bertz CT molecular complexity index is 1650. The number of nitrogens with zero attached hydrogens (tertiary/aromatic N) is 2. The van der Waals surface area contributed by atoms with Crippen LogP contribution in [0.2, 0.25) is 5.02 Å². The fourth-order valence-corrected chi connectivity index (χ4v) is 6.51. The summed E-state index contributed by atoms with van der Waals surface area (Å²) < 4.78 is 49.4. The van der Waals surface area contributed by atoms with E-state index in [0.717, 1.165) is 23.4 Å². The number of sulfonamides is 1. The van der Waals surface area contributed by atoms with Crippen molar-refractivity contribution in [2.24, 2.45) is 0 Å². The number of benzene rings is 4. The van der Waals surface area contributed by atoms with Crippen LogP contribution in [0.3, 0.4) is 0 Å². The van der Waals surface area contributed by atoms with Crippen LogP contribution in [-0.4, -0.2) is 50.0 Å². The molecule has 7 nitrogen and oxygen atoms in total. The number of carboxylic acid groups (broad SMARTS) is 1. The molecule has 0 fully saturated rings. The molecule has 0 saturated heterocycles. The Balaban J connectivity index is 1.59. The van der Waals surface area contributed by atoms with Crippen molar-refractivity contribution in [3.63, 3.8) is 0 Å². The number of fused-ring (bicyclic) bond motifs is 1. The van der Waals surface area contributed by atoms with E-state index >= 15 is 0 Å². The zero-order valence-electron chi connectivity index (χ0n) is 21.5. The van der Waals surface area contributed by atoms with Gasteiger partial charge in [-0.15, -0.1) is 0 Å². The van der Waals surface area contributed by atoms with Gasteiger partial charge in [-0.25, -0.2) is 17.6 Å². The van der Waals surface area contributed by atoms with Crippen molar-refractivity contribution in [1.29, 1.82) is 0 Å². The summed E-state index contributed by atoms with van der Waals surface area (Å²) >= 11 is 6.69. The van der Waals surface area contributed by atoms with Crippen LogP contribution in [0, 0.1) is 5.82 Å². The molecule has 0 saturated carbocycles.